The van der Waals surface area contributed by atoms with Crippen molar-refractivity contribution < 1.29 is 14.2 Å². The van der Waals surface area contributed by atoms with E-state index in [0.717, 1.165) is 40.3 Å². The number of ether oxygens (including phenoxy) is 3. The van der Waals surface area contributed by atoms with E-state index in [1.807, 2.05) is 66.7 Å². The van der Waals surface area contributed by atoms with Gasteiger partial charge in [-0.15, -0.1) is 0 Å². The highest BCUT2D eigenvalue weighted by Gasteiger charge is 2.18. The largest absolute Gasteiger partial charge is 0.497 e. The average Bonchev–Trinajstić information content (AvgIpc) is 3.02. The summed E-state index contributed by atoms with van der Waals surface area (Å²) in [5.41, 5.74) is 7.52. The molecule has 158 valence electrons. The number of rotatable bonds is 7. The summed E-state index contributed by atoms with van der Waals surface area (Å²) in [6.45, 7) is 2.79. The van der Waals surface area contributed by atoms with E-state index in [9.17, 15) is 0 Å². The van der Waals surface area contributed by atoms with Gasteiger partial charge in [0.1, 0.15) is 17.2 Å². The average molecular weight is 415 g/mol. The van der Waals surface area contributed by atoms with Crippen molar-refractivity contribution in [3.05, 3.63) is 83.4 Å². The smallest absolute Gasteiger partial charge is 0.154 e. The lowest BCUT2D eigenvalue weighted by Gasteiger charge is -2.10. The van der Waals surface area contributed by atoms with E-state index in [0.29, 0.717) is 23.9 Å². The third-order valence-electron chi connectivity index (χ3n) is 4.89. The first-order valence-electron chi connectivity index (χ1n) is 10.2. The van der Waals surface area contributed by atoms with Crippen molar-refractivity contribution in [1.29, 1.82) is 0 Å². The molecule has 6 heteroatoms. The molecule has 31 heavy (non-hydrogen) atoms. The van der Waals surface area contributed by atoms with E-state index in [4.69, 9.17) is 24.3 Å². The summed E-state index contributed by atoms with van der Waals surface area (Å²) in [4.78, 5) is 4.85. The van der Waals surface area contributed by atoms with Gasteiger partial charge in [-0.2, -0.15) is 5.10 Å². The summed E-state index contributed by atoms with van der Waals surface area (Å²) >= 11 is 0. The molecule has 0 bridgehead atoms. The zero-order chi connectivity index (χ0) is 21.6. The van der Waals surface area contributed by atoms with Crippen LogP contribution in [0.4, 0.5) is 5.69 Å². The van der Waals surface area contributed by atoms with Gasteiger partial charge in [0.05, 0.1) is 32.2 Å². The normalized spacial score (nSPS) is 12.6. The maximum Gasteiger partial charge on any atom is 0.154 e. The van der Waals surface area contributed by atoms with Crippen molar-refractivity contribution in [3.63, 3.8) is 0 Å². The van der Waals surface area contributed by atoms with Crippen molar-refractivity contribution in [2.75, 3.05) is 20.8 Å². The van der Waals surface area contributed by atoms with Gasteiger partial charge in [-0.1, -0.05) is 25.1 Å². The Labute approximate surface area is 182 Å². The number of hydrazone groups is 1. The van der Waals surface area contributed by atoms with Crippen LogP contribution in [0.5, 0.6) is 17.2 Å². The summed E-state index contributed by atoms with van der Waals surface area (Å²) < 4.78 is 16.5. The molecule has 0 aliphatic carbocycles. The highest BCUT2D eigenvalue weighted by Crippen LogP contribution is 2.28. The molecule has 0 saturated heterocycles. The van der Waals surface area contributed by atoms with Crippen LogP contribution in [-0.2, 0) is 0 Å². The molecule has 0 unspecified atom stereocenters. The molecule has 0 fully saturated rings. The number of hydrogen-bond donors (Lipinski definition) is 1. The fraction of sp³-hybridized carbons (Fsp3) is 0.200. The van der Waals surface area contributed by atoms with Crippen LogP contribution in [0.15, 0.2) is 76.8 Å². The maximum atomic E-state index is 5.71. The first-order valence-corrected chi connectivity index (χ1v) is 10.2. The van der Waals surface area contributed by atoms with Crippen LogP contribution in [0.2, 0.25) is 0 Å². The number of fused-ring (bicyclic) bond motifs is 1. The Hall–Kier alpha value is -3.80. The fourth-order valence-electron chi connectivity index (χ4n) is 3.31. The van der Waals surface area contributed by atoms with Crippen molar-refractivity contribution >= 4 is 17.2 Å². The van der Waals surface area contributed by atoms with Gasteiger partial charge in [0, 0.05) is 22.8 Å². The molecule has 0 aromatic heterocycles. The zero-order valence-corrected chi connectivity index (χ0v) is 17.9. The van der Waals surface area contributed by atoms with Gasteiger partial charge in [0.2, 0.25) is 0 Å². The number of nitrogens with zero attached hydrogens (tertiary/aromatic N) is 2. The van der Waals surface area contributed by atoms with E-state index < -0.39 is 0 Å². The number of aliphatic imine (C=N–C) groups is 1. The Balaban J connectivity index is 1.73. The Morgan fingerprint density at radius 3 is 2.19 bits per heavy atom. The van der Waals surface area contributed by atoms with E-state index in [2.05, 4.69) is 12.3 Å². The second-order valence-corrected chi connectivity index (χ2v) is 7.02. The monoisotopic (exact) mass is 415 g/mol. The van der Waals surface area contributed by atoms with E-state index >= 15 is 0 Å². The maximum absolute atomic E-state index is 5.71. The molecular weight excluding hydrogens is 390 g/mol. The number of methoxy groups -OCH3 is 2. The predicted octanol–water partition coefficient (Wildman–Crippen LogP) is 4.93. The van der Waals surface area contributed by atoms with Crippen LogP contribution in [-0.4, -0.2) is 32.4 Å². The van der Waals surface area contributed by atoms with Crippen LogP contribution >= 0.6 is 0 Å². The molecule has 1 aliphatic heterocycles. The lowest BCUT2D eigenvalue weighted by atomic mass is 10.0. The third kappa shape index (κ3) is 4.53. The standard InChI is InChI=1S/C25H25N3O3/c1-4-13-31-19-11-9-17(10-12-19)24-22-7-5-6-8-23(22)26-25(28-27-24)18-14-20(29-2)16-21(15-18)30-3/h5-12,14-16H,4,13H2,1-3H3,(H,26,28). The Bertz CT molecular complexity index is 1100. The van der Waals surface area contributed by atoms with Crippen molar-refractivity contribution in [2.24, 2.45) is 10.1 Å². The second kappa shape index (κ2) is 9.34. The quantitative estimate of drug-likeness (QED) is 0.594. The fourth-order valence-corrected chi connectivity index (χ4v) is 3.31. The molecule has 3 aromatic rings. The molecule has 3 aromatic carbocycles. The molecule has 0 saturated carbocycles. The number of nitrogens with one attached hydrogen (secondary N) is 1. The lowest BCUT2D eigenvalue weighted by molar-refractivity contribution is 0.317. The molecular formula is C25H25N3O3. The minimum atomic E-state index is 0.613. The molecule has 1 aliphatic rings. The molecule has 1 N–H and O–H groups in total. The second-order valence-electron chi connectivity index (χ2n) is 7.02. The molecule has 0 radical (unpaired) electrons. The van der Waals surface area contributed by atoms with Gasteiger partial charge in [-0.25, -0.2) is 4.99 Å². The van der Waals surface area contributed by atoms with Gasteiger partial charge < -0.3 is 14.2 Å². The van der Waals surface area contributed by atoms with E-state index in [-0.39, 0.29) is 0 Å². The molecule has 4 rings (SSSR count). The van der Waals surface area contributed by atoms with Gasteiger partial charge in [-0.05, 0) is 48.9 Å². The third-order valence-corrected chi connectivity index (χ3v) is 4.89. The van der Waals surface area contributed by atoms with E-state index in [1.54, 1.807) is 14.2 Å². The number of hydrogen-bond acceptors (Lipinski definition) is 6. The first-order chi connectivity index (χ1) is 15.2. The highest BCUT2D eigenvalue weighted by molar-refractivity contribution is 6.18. The van der Waals surface area contributed by atoms with Crippen molar-refractivity contribution in [3.8, 4) is 17.2 Å². The number of para-hydroxylation sites is 1. The van der Waals surface area contributed by atoms with E-state index in [1.165, 1.54) is 0 Å². The van der Waals surface area contributed by atoms with Crippen LogP contribution in [0, 0.1) is 0 Å². The lowest BCUT2D eigenvalue weighted by Crippen LogP contribution is -2.20. The minimum absolute atomic E-state index is 0.613. The van der Waals surface area contributed by atoms with Crippen LogP contribution in [0.25, 0.3) is 0 Å². The van der Waals surface area contributed by atoms with Gasteiger partial charge in [0.25, 0.3) is 0 Å². The highest BCUT2D eigenvalue weighted by atomic mass is 16.5. The van der Waals surface area contributed by atoms with Crippen LogP contribution in [0.1, 0.15) is 30.0 Å². The van der Waals surface area contributed by atoms with Crippen LogP contribution < -0.4 is 19.6 Å². The summed E-state index contributed by atoms with van der Waals surface area (Å²) in [5, 5.41) is 4.71. The molecule has 0 spiro atoms. The summed E-state index contributed by atoms with van der Waals surface area (Å²) in [6, 6.07) is 21.6. The van der Waals surface area contributed by atoms with Crippen molar-refractivity contribution in [2.45, 2.75) is 13.3 Å². The Morgan fingerprint density at radius 1 is 0.806 bits per heavy atom. The number of benzene rings is 3. The predicted molar refractivity (Wildman–Crippen MR) is 123 cm³/mol. The SMILES string of the molecule is CCCOc1ccc(C2=NNC(c3cc(OC)cc(OC)c3)=Nc3ccccc32)cc1. The van der Waals surface area contributed by atoms with Gasteiger partial charge in [0.15, 0.2) is 5.84 Å². The Morgan fingerprint density at radius 2 is 1.52 bits per heavy atom. The van der Waals surface area contributed by atoms with Crippen molar-refractivity contribution in [1.82, 2.24) is 5.43 Å². The first kappa shape index (κ1) is 20.5. The molecule has 1 heterocycles. The van der Waals surface area contributed by atoms with Gasteiger partial charge in [-0.3, -0.25) is 5.43 Å². The van der Waals surface area contributed by atoms with Gasteiger partial charge >= 0.3 is 0 Å². The molecule has 0 atom stereocenters. The summed E-state index contributed by atoms with van der Waals surface area (Å²) in [6.07, 6.45) is 0.973. The van der Waals surface area contributed by atoms with Crippen LogP contribution in [0.3, 0.4) is 0 Å². The minimum Gasteiger partial charge on any atom is -0.497 e. The summed E-state index contributed by atoms with van der Waals surface area (Å²) in [5.74, 6) is 2.83. The number of amidine groups is 1. The zero-order valence-electron chi connectivity index (χ0n) is 17.9. The summed E-state index contributed by atoms with van der Waals surface area (Å²) in [7, 11) is 3.25. The molecule has 6 nitrogen and oxygen atoms in total. The molecule has 0 amide bonds. The Kier molecular flexibility index (Phi) is 6.17. The topological polar surface area (TPSA) is 64.4 Å².